The number of hydrogen-bond acceptors (Lipinski definition) is 6. The van der Waals surface area contributed by atoms with Crippen molar-refractivity contribution in [3.8, 4) is 0 Å². The fourth-order valence-corrected chi connectivity index (χ4v) is 4.68. The van der Waals surface area contributed by atoms with E-state index in [0.717, 1.165) is 15.5 Å². The second kappa shape index (κ2) is 10.4. The predicted octanol–water partition coefficient (Wildman–Crippen LogP) is 5.92. The lowest BCUT2D eigenvalue weighted by molar-refractivity contribution is -0.120. The van der Waals surface area contributed by atoms with Crippen molar-refractivity contribution in [2.45, 2.75) is 24.8 Å². The Bertz CT molecular complexity index is 1290. The van der Waals surface area contributed by atoms with Crippen LogP contribution in [0.15, 0.2) is 94.4 Å². The Hall–Kier alpha value is -3.55. The molecule has 0 atom stereocenters. The van der Waals surface area contributed by atoms with Gasteiger partial charge < -0.3 is 9.64 Å². The van der Waals surface area contributed by atoms with Crippen LogP contribution in [0.25, 0.3) is 0 Å². The molecule has 0 N–H and O–H groups in total. The molecule has 0 fully saturated rings. The van der Waals surface area contributed by atoms with E-state index in [1.807, 2.05) is 30.3 Å². The minimum absolute atomic E-state index is 0.253. The van der Waals surface area contributed by atoms with Crippen molar-refractivity contribution in [2.75, 3.05) is 16.8 Å². The number of carbonyl (C=O) groups is 3. The lowest BCUT2D eigenvalue weighted by Gasteiger charge is -2.21. The molecular weight excluding hydrogens is 484 g/mol. The van der Waals surface area contributed by atoms with E-state index in [-0.39, 0.29) is 11.8 Å². The molecule has 8 heteroatoms. The Morgan fingerprint density at radius 3 is 2.14 bits per heavy atom. The average Bonchev–Trinajstić information content (AvgIpc) is 3.09. The summed E-state index contributed by atoms with van der Waals surface area (Å²) < 4.78 is 5.22. The zero-order valence-electron chi connectivity index (χ0n) is 19.4. The van der Waals surface area contributed by atoms with Crippen molar-refractivity contribution in [1.29, 1.82) is 0 Å². The number of para-hydroxylation sites is 1. The van der Waals surface area contributed by atoms with E-state index in [1.54, 1.807) is 74.3 Å². The number of likely N-dealkylation sites (N-methyl/N-ethyl adjacent to an activating group) is 1. The summed E-state index contributed by atoms with van der Waals surface area (Å²) in [5.41, 5.74) is 1.74. The fraction of sp³-hybridized carbons (Fsp3) is 0.148. The Morgan fingerprint density at radius 2 is 1.54 bits per heavy atom. The van der Waals surface area contributed by atoms with Gasteiger partial charge in [0.1, 0.15) is 10.6 Å². The van der Waals surface area contributed by atoms with Crippen molar-refractivity contribution < 1.29 is 19.1 Å². The number of ether oxygens (including phenoxy) is 1. The lowest BCUT2D eigenvalue weighted by atomic mass is 10.2. The SMILES string of the molecule is CC(C)OC(=O)c1ccc(N2C(=O)C(Sc3ccc(Cl)cc3)=C(N(C)c3ccccc3)C2=O)cc1. The standard InChI is InChI=1S/C27H23ClN2O4S/c1-17(2)34-27(33)18-9-13-21(14-10-18)30-25(31)23(29(3)20-7-5-4-6-8-20)24(26(30)32)35-22-15-11-19(28)12-16-22/h4-17H,1-3H3. The molecule has 1 aliphatic heterocycles. The summed E-state index contributed by atoms with van der Waals surface area (Å²) in [6, 6.07) is 22.7. The highest BCUT2D eigenvalue weighted by Crippen LogP contribution is 2.39. The molecule has 0 spiro atoms. The molecule has 4 rings (SSSR count). The number of nitrogens with zero attached hydrogens (tertiary/aromatic N) is 2. The summed E-state index contributed by atoms with van der Waals surface area (Å²) in [4.78, 5) is 43.3. The van der Waals surface area contributed by atoms with Gasteiger partial charge in [0.05, 0.1) is 17.4 Å². The molecule has 35 heavy (non-hydrogen) atoms. The summed E-state index contributed by atoms with van der Waals surface area (Å²) in [5.74, 6) is -1.35. The van der Waals surface area contributed by atoms with Gasteiger partial charge in [-0.15, -0.1) is 0 Å². The normalized spacial score (nSPS) is 13.6. The van der Waals surface area contributed by atoms with Crippen LogP contribution in [0.3, 0.4) is 0 Å². The molecule has 3 aromatic carbocycles. The summed E-state index contributed by atoms with van der Waals surface area (Å²) in [5, 5.41) is 0.580. The van der Waals surface area contributed by atoms with E-state index in [1.165, 1.54) is 11.8 Å². The van der Waals surface area contributed by atoms with Gasteiger partial charge in [-0.25, -0.2) is 9.69 Å². The Balaban J connectivity index is 1.70. The Kier molecular flexibility index (Phi) is 7.28. The summed E-state index contributed by atoms with van der Waals surface area (Å²) in [7, 11) is 1.76. The van der Waals surface area contributed by atoms with Crippen LogP contribution in [0, 0.1) is 0 Å². The van der Waals surface area contributed by atoms with E-state index in [4.69, 9.17) is 16.3 Å². The van der Waals surface area contributed by atoms with Gasteiger partial charge in [0.2, 0.25) is 0 Å². The van der Waals surface area contributed by atoms with E-state index in [9.17, 15) is 14.4 Å². The molecule has 2 amide bonds. The molecule has 0 unspecified atom stereocenters. The Labute approximate surface area is 213 Å². The summed E-state index contributed by atoms with van der Waals surface area (Å²) in [6.07, 6.45) is -0.253. The van der Waals surface area contributed by atoms with Crippen molar-refractivity contribution in [3.63, 3.8) is 0 Å². The maximum atomic E-state index is 13.6. The van der Waals surface area contributed by atoms with Crippen molar-refractivity contribution >= 4 is 52.5 Å². The number of rotatable bonds is 7. The predicted molar refractivity (Wildman–Crippen MR) is 139 cm³/mol. The molecule has 0 saturated carbocycles. The summed E-state index contributed by atoms with van der Waals surface area (Å²) in [6.45, 7) is 3.54. The fourth-order valence-electron chi connectivity index (χ4n) is 3.55. The van der Waals surface area contributed by atoms with Gasteiger partial charge in [-0.2, -0.15) is 0 Å². The first kappa shape index (κ1) is 24.6. The molecule has 0 aromatic heterocycles. The van der Waals surface area contributed by atoms with Gasteiger partial charge in [-0.1, -0.05) is 41.6 Å². The third-order valence-corrected chi connectivity index (χ3v) is 6.57. The Morgan fingerprint density at radius 1 is 0.914 bits per heavy atom. The number of esters is 1. The lowest BCUT2D eigenvalue weighted by Crippen LogP contribution is -2.34. The number of imide groups is 1. The quantitative estimate of drug-likeness (QED) is 0.293. The van der Waals surface area contributed by atoms with Crippen LogP contribution in [0.5, 0.6) is 0 Å². The van der Waals surface area contributed by atoms with Crippen LogP contribution in [-0.4, -0.2) is 30.9 Å². The van der Waals surface area contributed by atoms with Crippen molar-refractivity contribution in [3.05, 3.63) is 100 Å². The zero-order chi connectivity index (χ0) is 25.1. The number of benzene rings is 3. The molecule has 6 nitrogen and oxygen atoms in total. The van der Waals surface area contributed by atoms with Gasteiger partial charge in [0.25, 0.3) is 11.8 Å². The van der Waals surface area contributed by atoms with Gasteiger partial charge in [0, 0.05) is 22.7 Å². The van der Waals surface area contributed by atoms with E-state index < -0.39 is 17.8 Å². The highest BCUT2D eigenvalue weighted by atomic mass is 35.5. The van der Waals surface area contributed by atoms with Crippen LogP contribution in [0.1, 0.15) is 24.2 Å². The monoisotopic (exact) mass is 506 g/mol. The van der Waals surface area contributed by atoms with Gasteiger partial charge in [-0.3, -0.25) is 9.59 Å². The molecule has 3 aromatic rings. The highest BCUT2D eigenvalue weighted by Gasteiger charge is 2.42. The average molecular weight is 507 g/mol. The molecule has 1 heterocycles. The number of anilines is 2. The first-order chi connectivity index (χ1) is 16.8. The minimum atomic E-state index is -0.466. The summed E-state index contributed by atoms with van der Waals surface area (Å²) >= 11 is 7.22. The third-order valence-electron chi connectivity index (χ3n) is 5.23. The topological polar surface area (TPSA) is 66.9 Å². The van der Waals surface area contributed by atoms with Crippen LogP contribution in [0.4, 0.5) is 11.4 Å². The van der Waals surface area contributed by atoms with Crippen molar-refractivity contribution in [2.24, 2.45) is 0 Å². The molecule has 178 valence electrons. The minimum Gasteiger partial charge on any atom is -0.459 e. The van der Waals surface area contributed by atoms with Crippen LogP contribution >= 0.6 is 23.4 Å². The number of carbonyl (C=O) groups excluding carboxylic acids is 3. The van der Waals surface area contributed by atoms with Gasteiger partial charge >= 0.3 is 5.97 Å². The van der Waals surface area contributed by atoms with Crippen LogP contribution in [-0.2, 0) is 14.3 Å². The zero-order valence-corrected chi connectivity index (χ0v) is 21.0. The maximum absolute atomic E-state index is 13.6. The molecule has 1 aliphatic rings. The van der Waals surface area contributed by atoms with Crippen LogP contribution in [0.2, 0.25) is 5.02 Å². The second-order valence-electron chi connectivity index (χ2n) is 8.07. The number of amides is 2. The highest BCUT2D eigenvalue weighted by molar-refractivity contribution is 8.04. The molecule has 0 saturated heterocycles. The third kappa shape index (κ3) is 5.26. The van der Waals surface area contributed by atoms with E-state index in [2.05, 4.69) is 0 Å². The first-order valence-corrected chi connectivity index (χ1v) is 12.1. The van der Waals surface area contributed by atoms with Crippen LogP contribution < -0.4 is 9.80 Å². The maximum Gasteiger partial charge on any atom is 0.338 e. The first-order valence-electron chi connectivity index (χ1n) is 10.9. The number of halogens is 1. The largest absolute Gasteiger partial charge is 0.459 e. The van der Waals surface area contributed by atoms with Gasteiger partial charge in [-0.05, 0) is 74.5 Å². The molecule has 0 aliphatic carbocycles. The molecular formula is C27H23ClN2O4S. The van der Waals surface area contributed by atoms with E-state index in [0.29, 0.717) is 21.2 Å². The smallest absolute Gasteiger partial charge is 0.338 e. The number of thioether (sulfide) groups is 1. The molecule has 0 radical (unpaired) electrons. The van der Waals surface area contributed by atoms with E-state index >= 15 is 0 Å². The van der Waals surface area contributed by atoms with Crippen molar-refractivity contribution in [1.82, 2.24) is 0 Å². The molecule has 0 bridgehead atoms. The van der Waals surface area contributed by atoms with Gasteiger partial charge in [0.15, 0.2) is 0 Å². The number of hydrogen-bond donors (Lipinski definition) is 0. The second-order valence-corrected chi connectivity index (χ2v) is 9.60.